The molecule has 0 heterocycles. The third-order valence-corrected chi connectivity index (χ3v) is 4.12. The Kier molecular flexibility index (Phi) is 7.16. The lowest BCUT2D eigenvalue weighted by molar-refractivity contribution is 0.265. The average Bonchev–Trinajstić information content (AvgIpc) is 2.55. The second kappa shape index (κ2) is 9.11. The predicted molar refractivity (Wildman–Crippen MR) is 95.7 cm³/mol. The van der Waals surface area contributed by atoms with Gasteiger partial charge in [0.2, 0.25) is 0 Å². The van der Waals surface area contributed by atoms with E-state index in [1.165, 1.54) is 6.07 Å². The molecule has 0 fully saturated rings. The highest BCUT2D eigenvalue weighted by Gasteiger charge is 2.13. The van der Waals surface area contributed by atoms with Crippen molar-refractivity contribution >= 4 is 23.2 Å². The van der Waals surface area contributed by atoms with Crippen LogP contribution in [0.1, 0.15) is 25.0 Å². The van der Waals surface area contributed by atoms with Crippen LogP contribution >= 0.6 is 23.2 Å². The fourth-order valence-corrected chi connectivity index (χ4v) is 2.61. The number of halogens is 3. The molecule has 0 spiro atoms. The van der Waals surface area contributed by atoms with Crippen molar-refractivity contribution in [1.82, 2.24) is 5.32 Å². The maximum Gasteiger partial charge on any atom is 0.163 e. The minimum atomic E-state index is -0.407. The van der Waals surface area contributed by atoms with Crippen LogP contribution in [0.3, 0.4) is 0 Å². The van der Waals surface area contributed by atoms with Gasteiger partial charge in [0.1, 0.15) is 12.4 Å². The minimum absolute atomic E-state index is 0.00549. The van der Waals surface area contributed by atoms with Gasteiger partial charge in [0, 0.05) is 23.2 Å². The molecule has 2 aromatic carbocycles. The molecule has 0 aromatic heterocycles. The van der Waals surface area contributed by atoms with Crippen molar-refractivity contribution in [3.8, 4) is 11.5 Å². The predicted octanol–water partition coefficient (Wildman–Crippen LogP) is 5.22. The zero-order valence-electron chi connectivity index (χ0n) is 13.7. The van der Waals surface area contributed by atoms with Crippen LogP contribution in [0, 0.1) is 5.82 Å². The van der Waals surface area contributed by atoms with Gasteiger partial charge in [-0.15, -0.1) is 0 Å². The van der Waals surface area contributed by atoms with Crippen LogP contribution in [0.5, 0.6) is 11.5 Å². The van der Waals surface area contributed by atoms with Crippen molar-refractivity contribution in [2.75, 3.05) is 13.2 Å². The summed E-state index contributed by atoms with van der Waals surface area (Å²) in [5.74, 6) is 0.624. The molecule has 0 amide bonds. The normalized spacial score (nSPS) is 10.7. The first-order valence-electron chi connectivity index (χ1n) is 7.78. The summed E-state index contributed by atoms with van der Waals surface area (Å²) in [6, 6.07) is 8.06. The van der Waals surface area contributed by atoms with E-state index in [2.05, 4.69) is 5.32 Å². The molecule has 6 heteroatoms. The van der Waals surface area contributed by atoms with E-state index in [1.807, 2.05) is 19.9 Å². The molecule has 24 heavy (non-hydrogen) atoms. The molecule has 0 aliphatic rings. The Bertz CT molecular complexity index is 675. The lowest BCUT2D eigenvalue weighted by atomic mass is 10.2. The molecule has 2 aromatic rings. The topological polar surface area (TPSA) is 30.5 Å². The average molecular weight is 372 g/mol. The van der Waals surface area contributed by atoms with Crippen molar-refractivity contribution < 1.29 is 13.9 Å². The van der Waals surface area contributed by atoms with E-state index in [-0.39, 0.29) is 6.61 Å². The van der Waals surface area contributed by atoms with Crippen LogP contribution in [0.4, 0.5) is 4.39 Å². The van der Waals surface area contributed by atoms with Crippen molar-refractivity contribution in [2.24, 2.45) is 0 Å². The van der Waals surface area contributed by atoms with E-state index in [0.717, 1.165) is 12.1 Å². The Morgan fingerprint density at radius 2 is 1.79 bits per heavy atom. The zero-order valence-corrected chi connectivity index (χ0v) is 15.2. The summed E-state index contributed by atoms with van der Waals surface area (Å²) in [4.78, 5) is 0. The lowest BCUT2D eigenvalue weighted by Crippen LogP contribution is -2.12. The molecule has 0 saturated carbocycles. The van der Waals surface area contributed by atoms with E-state index in [1.54, 1.807) is 18.2 Å². The molecule has 0 atom stereocenters. The van der Waals surface area contributed by atoms with Crippen molar-refractivity contribution in [2.45, 2.75) is 27.0 Å². The molecule has 0 bridgehead atoms. The summed E-state index contributed by atoms with van der Waals surface area (Å²) in [5.41, 5.74) is 1.22. The summed E-state index contributed by atoms with van der Waals surface area (Å²) < 4.78 is 25.2. The number of benzene rings is 2. The molecule has 130 valence electrons. The number of ether oxygens (including phenoxy) is 2. The summed E-state index contributed by atoms with van der Waals surface area (Å²) >= 11 is 12.3. The largest absolute Gasteiger partial charge is 0.490 e. The summed E-state index contributed by atoms with van der Waals surface area (Å²) in [6.45, 7) is 5.86. The first-order chi connectivity index (χ1) is 11.6. The minimum Gasteiger partial charge on any atom is -0.490 e. The van der Waals surface area contributed by atoms with Crippen LogP contribution in [-0.4, -0.2) is 13.2 Å². The molecule has 3 nitrogen and oxygen atoms in total. The molecule has 0 aliphatic heterocycles. The first-order valence-corrected chi connectivity index (χ1v) is 8.54. The van der Waals surface area contributed by atoms with E-state index >= 15 is 0 Å². The molecule has 0 aliphatic carbocycles. The Morgan fingerprint density at radius 1 is 1.04 bits per heavy atom. The van der Waals surface area contributed by atoms with Gasteiger partial charge in [-0.2, -0.15) is 0 Å². The fourth-order valence-electron chi connectivity index (χ4n) is 2.17. The van der Waals surface area contributed by atoms with Crippen LogP contribution in [0.15, 0.2) is 30.3 Å². The number of nitrogens with one attached hydrogen (secondary N) is 1. The van der Waals surface area contributed by atoms with Gasteiger partial charge >= 0.3 is 0 Å². The van der Waals surface area contributed by atoms with Gasteiger partial charge in [-0.25, -0.2) is 4.39 Å². The Labute approximate surface area is 151 Å². The number of hydrogen-bond acceptors (Lipinski definition) is 3. The maximum absolute atomic E-state index is 13.9. The van der Waals surface area contributed by atoms with Gasteiger partial charge in [-0.3, -0.25) is 0 Å². The van der Waals surface area contributed by atoms with Gasteiger partial charge < -0.3 is 14.8 Å². The fraction of sp³-hybridized carbons (Fsp3) is 0.333. The summed E-state index contributed by atoms with van der Waals surface area (Å²) in [6.07, 6.45) is 0. The van der Waals surface area contributed by atoms with Crippen LogP contribution in [0.2, 0.25) is 10.0 Å². The zero-order chi connectivity index (χ0) is 17.5. The van der Waals surface area contributed by atoms with E-state index in [9.17, 15) is 4.39 Å². The van der Waals surface area contributed by atoms with Gasteiger partial charge in [-0.1, -0.05) is 36.2 Å². The Balaban J connectivity index is 2.23. The maximum atomic E-state index is 13.9. The molecule has 0 unspecified atom stereocenters. The van der Waals surface area contributed by atoms with Crippen LogP contribution in [0.25, 0.3) is 0 Å². The summed E-state index contributed by atoms with van der Waals surface area (Å²) in [7, 11) is 0. The quantitative estimate of drug-likeness (QED) is 0.689. The highest BCUT2D eigenvalue weighted by Crippen LogP contribution is 2.34. The van der Waals surface area contributed by atoms with E-state index in [4.69, 9.17) is 32.7 Å². The standard InChI is InChI=1S/C18H20Cl2FNO2/c1-3-22-10-12-8-17(23-4-2)18(9-15(12)20)24-11-13-14(19)6-5-7-16(13)21/h5-9,22H,3-4,10-11H2,1-2H3. The highest BCUT2D eigenvalue weighted by molar-refractivity contribution is 6.31. The van der Waals surface area contributed by atoms with E-state index < -0.39 is 5.82 Å². The van der Waals surface area contributed by atoms with Gasteiger partial charge in [-0.05, 0) is 37.2 Å². The first kappa shape index (κ1) is 18.8. The molecular formula is C18H20Cl2FNO2. The lowest BCUT2D eigenvalue weighted by Gasteiger charge is -2.16. The van der Waals surface area contributed by atoms with Gasteiger partial charge in [0.25, 0.3) is 0 Å². The SMILES string of the molecule is CCNCc1cc(OCC)c(OCc2c(F)cccc2Cl)cc1Cl. The second-order valence-electron chi connectivity index (χ2n) is 5.09. The number of rotatable bonds is 8. The van der Waals surface area contributed by atoms with Crippen molar-refractivity contribution in [1.29, 1.82) is 0 Å². The summed E-state index contributed by atoms with van der Waals surface area (Å²) in [5, 5.41) is 4.11. The van der Waals surface area contributed by atoms with E-state index in [0.29, 0.717) is 40.3 Å². The van der Waals surface area contributed by atoms with Crippen LogP contribution in [-0.2, 0) is 13.2 Å². The Hall–Kier alpha value is -1.49. The molecule has 0 radical (unpaired) electrons. The third-order valence-electron chi connectivity index (χ3n) is 3.41. The van der Waals surface area contributed by atoms with Crippen molar-refractivity contribution in [3.63, 3.8) is 0 Å². The molecular weight excluding hydrogens is 352 g/mol. The third kappa shape index (κ3) is 4.76. The van der Waals surface area contributed by atoms with Crippen LogP contribution < -0.4 is 14.8 Å². The smallest absolute Gasteiger partial charge is 0.163 e. The van der Waals surface area contributed by atoms with Gasteiger partial charge in [0.15, 0.2) is 11.5 Å². The highest BCUT2D eigenvalue weighted by atomic mass is 35.5. The van der Waals surface area contributed by atoms with Gasteiger partial charge in [0.05, 0.1) is 11.6 Å². The van der Waals surface area contributed by atoms with Crippen molar-refractivity contribution in [3.05, 3.63) is 57.3 Å². The molecule has 1 N–H and O–H groups in total. The number of hydrogen-bond donors (Lipinski definition) is 1. The molecule has 0 saturated heterocycles. The molecule has 2 rings (SSSR count). The Morgan fingerprint density at radius 3 is 2.46 bits per heavy atom. The monoisotopic (exact) mass is 371 g/mol. The second-order valence-corrected chi connectivity index (χ2v) is 5.91.